The second-order valence-corrected chi connectivity index (χ2v) is 8.98. The predicted molar refractivity (Wildman–Crippen MR) is 124 cm³/mol. The highest BCUT2D eigenvalue weighted by Crippen LogP contribution is 2.26. The summed E-state index contributed by atoms with van der Waals surface area (Å²) < 4.78 is 16.3. The maximum atomic E-state index is 12.5. The number of hydrogen-bond donors (Lipinski definition) is 2. The predicted octanol–water partition coefficient (Wildman–Crippen LogP) is 2.73. The summed E-state index contributed by atoms with van der Waals surface area (Å²) in [5.74, 6) is 1.33. The van der Waals surface area contributed by atoms with E-state index in [9.17, 15) is 14.4 Å². The average molecular weight is 464 g/mol. The van der Waals surface area contributed by atoms with Crippen molar-refractivity contribution in [1.82, 2.24) is 15.5 Å². The number of alkyl carbamates (subject to hydrolysis) is 1. The Hall–Kier alpha value is -2.97. The Labute approximate surface area is 196 Å². The molecule has 184 valence electrons. The lowest BCUT2D eigenvalue weighted by Gasteiger charge is -2.32. The molecule has 1 aliphatic heterocycles. The van der Waals surface area contributed by atoms with Crippen LogP contribution in [0.3, 0.4) is 0 Å². The average Bonchev–Trinajstić information content (AvgIpc) is 2.76. The van der Waals surface area contributed by atoms with Crippen LogP contribution in [0.15, 0.2) is 24.3 Å². The largest absolute Gasteiger partial charge is 0.490 e. The van der Waals surface area contributed by atoms with Crippen LogP contribution < -0.4 is 20.1 Å². The molecular formula is C24H37N3O6. The zero-order valence-corrected chi connectivity index (χ0v) is 20.1. The number of carbonyl (C=O) groups is 3. The van der Waals surface area contributed by atoms with Crippen molar-refractivity contribution >= 4 is 17.9 Å². The quantitative estimate of drug-likeness (QED) is 0.553. The molecule has 9 nitrogen and oxygen atoms in total. The second kappa shape index (κ2) is 12.9. The summed E-state index contributed by atoms with van der Waals surface area (Å²) in [6, 6.07) is 7.31. The lowest BCUT2D eigenvalue weighted by Crippen LogP contribution is -2.43. The van der Waals surface area contributed by atoms with Crippen LogP contribution in [0.2, 0.25) is 0 Å². The van der Waals surface area contributed by atoms with Crippen molar-refractivity contribution in [2.24, 2.45) is 5.92 Å². The van der Waals surface area contributed by atoms with Crippen LogP contribution in [0, 0.1) is 5.92 Å². The van der Waals surface area contributed by atoms with E-state index in [4.69, 9.17) is 14.2 Å². The third-order valence-electron chi connectivity index (χ3n) is 5.08. The number of rotatable bonds is 10. The Bertz CT molecular complexity index is 785. The van der Waals surface area contributed by atoms with Gasteiger partial charge in [0.2, 0.25) is 5.91 Å². The van der Waals surface area contributed by atoms with Crippen molar-refractivity contribution in [3.63, 3.8) is 0 Å². The van der Waals surface area contributed by atoms with Gasteiger partial charge in [-0.1, -0.05) is 12.1 Å². The summed E-state index contributed by atoms with van der Waals surface area (Å²) >= 11 is 0. The monoisotopic (exact) mass is 463 g/mol. The molecule has 33 heavy (non-hydrogen) atoms. The van der Waals surface area contributed by atoms with Gasteiger partial charge in [-0.3, -0.25) is 9.59 Å². The van der Waals surface area contributed by atoms with E-state index in [-0.39, 0.29) is 31.4 Å². The summed E-state index contributed by atoms with van der Waals surface area (Å²) in [5.41, 5.74) is -0.567. The minimum atomic E-state index is -0.567. The molecule has 0 radical (unpaired) electrons. The minimum Gasteiger partial charge on any atom is -0.490 e. The number of para-hydroxylation sites is 2. The van der Waals surface area contributed by atoms with Gasteiger partial charge >= 0.3 is 6.09 Å². The van der Waals surface area contributed by atoms with Crippen molar-refractivity contribution in [2.45, 2.75) is 52.6 Å². The smallest absolute Gasteiger partial charge is 0.407 e. The SMILES string of the molecule is CCOc1ccccc1OCC(=O)N1CCC(CNC(=O)CCNC(=O)OC(C)(C)C)CC1. The van der Waals surface area contributed by atoms with Gasteiger partial charge in [0.1, 0.15) is 5.60 Å². The highest BCUT2D eigenvalue weighted by atomic mass is 16.6. The minimum absolute atomic E-state index is 0.0316. The molecule has 0 bridgehead atoms. The van der Waals surface area contributed by atoms with Crippen LogP contribution in [0.1, 0.15) is 47.0 Å². The van der Waals surface area contributed by atoms with Gasteiger partial charge in [0.25, 0.3) is 5.91 Å². The van der Waals surface area contributed by atoms with E-state index in [1.807, 2.05) is 25.1 Å². The van der Waals surface area contributed by atoms with Crippen LogP contribution in [-0.4, -0.2) is 67.8 Å². The Kier molecular flexibility index (Phi) is 10.3. The van der Waals surface area contributed by atoms with Crippen molar-refractivity contribution in [3.05, 3.63) is 24.3 Å². The van der Waals surface area contributed by atoms with Crippen molar-refractivity contribution in [2.75, 3.05) is 39.4 Å². The second-order valence-electron chi connectivity index (χ2n) is 8.98. The molecule has 1 aromatic carbocycles. The molecule has 1 aliphatic rings. The molecule has 0 saturated carbocycles. The molecule has 1 aromatic rings. The summed E-state index contributed by atoms with van der Waals surface area (Å²) in [6.07, 6.45) is 1.30. The maximum Gasteiger partial charge on any atom is 0.407 e. The Morgan fingerprint density at radius 1 is 1.03 bits per heavy atom. The Balaban J connectivity index is 1.62. The Morgan fingerprint density at radius 3 is 2.27 bits per heavy atom. The van der Waals surface area contributed by atoms with Crippen LogP contribution in [-0.2, 0) is 14.3 Å². The molecule has 2 rings (SSSR count). The highest BCUT2D eigenvalue weighted by Gasteiger charge is 2.24. The fraction of sp³-hybridized carbons (Fsp3) is 0.625. The molecule has 1 heterocycles. The first kappa shape index (κ1) is 26.3. The van der Waals surface area contributed by atoms with E-state index in [2.05, 4.69) is 10.6 Å². The van der Waals surface area contributed by atoms with Crippen LogP contribution in [0.5, 0.6) is 11.5 Å². The number of nitrogens with one attached hydrogen (secondary N) is 2. The first-order valence-electron chi connectivity index (χ1n) is 11.5. The van der Waals surface area contributed by atoms with E-state index in [1.54, 1.807) is 31.7 Å². The molecule has 0 spiro atoms. The molecule has 1 fully saturated rings. The van der Waals surface area contributed by atoms with Crippen LogP contribution >= 0.6 is 0 Å². The standard InChI is InChI=1S/C24H37N3O6/c1-5-31-19-8-6-7-9-20(19)32-17-22(29)27-14-11-18(12-15-27)16-26-21(28)10-13-25-23(30)33-24(2,3)4/h6-9,18H,5,10-17H2,1-4H3,(H,25,30)(H,26,28). The first-order valence-corrected chi connectivity index (χ1v) is 11.5. The number of amides is 3. The zero-order valence-electron chi connectivity index (χ0n) is 20.1. The molecule has 0 atom stereocenters. The lowest BCUT2D eigenvalue weighted by molar-refractivity contribution is -0.135. The van der Waals surface area contributed by atoms with E-state index in [1.165, 1.54) is 0 Å². The normalized spacial score (nSPS) is 14.4. The van der Waals surface area contributed by atoms with Gasteiger partial charge in [-0.05, 0) is 58.6 Å². The third kappa shape index (κ3) is 10.0. The zero-order chi connectivity index (χ0) is 24.3. The third-order valence-corrected chi connectivity index (χ3v) is 5.08. The molecule has 9 heteroatoms. The fourth-order valence-corrected chi connectivity index (χ4v) is 3.40. The molecule has 1 saturated heterocycles. The topological polar surface area (TPSA) is 106 Å². The van der Waals surface area contributed by atoms with Gasteiger partial charge in [0.15, 0.2) is 18.1 Å². The van der Waals surface area contributed by atoms with Gasteiger partial charge in [0.05, 0.1) is 6.61 Å². The Morgan fingerprint density at radius 2 is 1.67 bits per heavy atom. The van der Waals surface area contributed by atoms with Crippen LogP contribution in [0.25, 0.3) is 0 Å². The van der Waals surface area contributed by atoms with E-state index in [0.717, 1.165) is 12.8 Å². The van der Waals surface area contributed by atoms with Crippen LogP contribution in [0.4, 0.5) is 4.79 Å². The number of piperidine rings is 1. The lowest BCUT2D eigenvalue weighted by atomic mass is 9.96. The van der Waals surface area contributed by atoms with Crippen molar-refractivity contribution in [1.29, 1.82) is 0 Å². The number of nitrogens with zero attached hydrogens (tertiary/aromatic N) is 1. The van der Waals surface area contributed by atoms with Gasteiger partial charge < -0.3 is 29.7 Å². The molecule has 0 unspecified atom stereocenters. The van der Waals surface area contributed by atoms with E-state index < -0.39 is 11.7 Å². The van der Waals surface area contributed by atoms with Gasteiger partial charge in [-0.2, -0.15) is 0 Å². The van der Waals surface area contributed by atoms with Gasteiger partial charge in [0, 0.05) is 32.6 Å². The molecular weight excluding hydrogens is 426 g/mol. The molecule has 3 amide bonds. The molecule has 0 aromatic heterocycles. The number of likely N-dealkylation sites (tertiary alicyclic amines) is 1. The van der Waals surface area contributed by atoms with Crippen molar-refractivity contribution in [3.8, 4) is 11.5 Å². The van der Waals surface area contributed by atoms with Gasteiger partial charge in [-0.15, -0.1) is 0 Å². The number of hydrogen-bond acceptors (Lipinski definition) is 6. The summed E-state index contributed by atoms with van der Waals surface area (Å²) in [5, 5.41) is 5.48. The molecule has 2 N–H and O–H groups in total. The summed E-state index contributed by atoms with van der Waals surface area (Å²) in [6.45, 7) is 9.80. The molecule has 0 aliphatic carbocycles. The summed E-state index contributed by atoms with van der Waals surface area (Å²) in [4.78, 5) is 37.9. The summed E-state index contributed by atoms with van der Waals surface area (Å²) in [7, 11) is 0. The number of carbonyl (C=O) groups excluding carboxylic acids is 3. The van der Waals surface area contributed by atoms with E-state index >= 15 is 0 Å². The van der Waals surface area contributed by atoms with Gasteiger partial charge in [-0.25, -0.2) is 4.79 Å². The highest BCUT2D eigenvalue weighted by molar-refractivity contribution is 5.78. The van der Waals surface area contributed by atoms with E-state index in [0.29, 0.717) is 43.7 Å². The first-order chi connectivity index (χ1) is 15.7. The number of ether oxygens (including phenoxy) is 3. The maximum absolute atomic E-state index is 12.5. The number of benzene rings is 1. The fourth-order valence-electron chi connectivity index (χ4n) is 3.40. The van der Waals surface area contributed by atoms with Crippen molar-refractivity contribution < 1.29 is 28.6 Å².